The van der Waals surface area contributed by atoms with Crippen LogP contribution >= 0.6 is 0 Å². The van der Waals surface area contributed by atoms with E-state index in [1.165, 1.54) is 4.90 Å². The summed E-state index contributed by atoms with van der Waals surface area (Å²) in [6.07, 6.45) is -2.23. The SMILES string of the molecule is CNCCN(CC(F)(F)F)C1CC1. The molecule has 1 fully saturated rings. The first kappa shape index (κ1) is 10.8. The molecule has 1 rings (SSSR count). The van der Waals surface area contributed by atoms with E-state index in [1.54, 1.807) is 7.05 Å². The van der Waals surface area contributed by atoms with Crippen LogP contribution in [0.2, 0.25) is 0 Å². The van der Waals surface area contributed by atoms with Gasteiger partial charge in [0, 0.05) is 19.1 Å². The van der Waals surface area contributed by atoms with Crippen molar-refractivity contribution in [3.05, 3.63) is 0 Å². The van der Waals surface area contributed by atoms with Crippen molar-refractivity contribution in [1.29, 1.82) is 0 Å². The minimum Gasteiger partial charge on any atom is -0.318 e. The largest absolute Gasteiger partial charge is 0.401 e. The summed E-state index contributed by atoms with van der Waals surface area (Å²) in [5.41, 5.74) is 0. The fourth-order valence-corrected chi connectivity index (χ4v) is 1.32. The fraction of sp³-hybridized carbons (Fsp3) is 1.00. The minimum atomic E-state index is -4.06. The molecule has 5 heteroatoms. The Hall–Kier alpha value is -0.290. The van der Waals surface area contributed by atoms with E-state index in [4.69, 9.17) is 0 Å². The van der Waals surface area contributed by atoms with Gasteiger partial charge in [-0.15, -0.1) is 0 Å². The Bertz CT molecular complexity index is 154. The van der Waals surface area contributed by atoms with Gasteiger partial charge < -0.3 is 5.32 Å². The predicted octanol–water partition coefficient (Wildman–Crippen LogP) is 1.23. The molecule has 1 aliphatic rings. The van der Waals surface area contributed by atoms with Crippen LogP contribution in [0.3, 0.4) is 0 Å². The second-order valence-corrected chi connectivity index (χ2v) is 3.42. The zero-order valence-corrected chi connectivity index (χ0v) is 7.69. The van der Waals surface area contributed by atoms with E-state index in [1.807, 2.05) is 0 Å². The van der Waals surface area contributed by atoms with Crippen LogP contribution in [-0.4, -0.2) is 43.8 Å². The van der Waals surface area contributed by atoms with Gasteiger partial charge in [0.2, 0.25) is 0 Å². The second kappa shape index (κ2) is 4.28. The third kappa shape index (κ3) is 4.47. The third-order valence-electron chi connectivity index (χ3n) is 2.09. The molecule has 0 spiro atoms. The summed E-state index contributed by atoms with van der Waals surface area (Å²) >= 11 is 0. The maximum Gasteiger partial charge on any atom is 0.401 e. The smallest absolute Gasteiger partial charge is 0.318 e. The Morgan fingerprint density at radius 3 is 2.38 bits per heavy atom. The maximum absolute atomic E-state index is 12.1. The average molecular weight is 196 g/mol. The molecule has 0 unspecified atom stereocenters. The fourth-order valence-electron chi connectivity index (χ4n) is 1.32. The first-order valence-corrected chi connectivity index (χ1v) is 4.48. The molecule has 1 aliphatic carbocycles. The molecular weight excluding hydrogens is 181 g/mol. The van der Waals surface area contributed by atoms with E-state index in [2.05, 4.69) is 5.32 Å². The van der Waals surface area contributed by atoms with Crippen LogP contribution in [0.4, 0.5) is 13.2 Å². The third-order valence-corrected chi connectivity index (χ3v) is 2.09. The van der Waals surface area contributed by atoms with Crippen LogP contribution in [-0.2, 0) is 0 Å². The van der Waals surface area contributed by atoms with Gasteiger partial charge in [0.25, 0.3) is 0 Å². The molecule has 0 atom stereocenters. The van der Waals surface area contributed by atoms with E-state index < -0.39 is 12.7 Å². The number of hydrogen-bond acceptors (Lipinski definition) is 2. The van der Waals surface area contributed by atoms with Crippen LogP contribution in [0, 0.1) is 0 Å². The topological polar surface area (TPSA) is 15.3 Å². The first-order chi connectivity index (χ1) is 6.03. The summed E-state index contributed by atoms with van der Waals surface area (Å²) in [5, 5.41) is 2.86. The Balaban J connectivity index is 2.29. The van der Waals surface area contributed by atoms with Crippen LogP contribution in [0.5, 0.6) is 0 Å². The van der Waals surface area contributed by atoms with Crippen molar-refractivity contribution in [1.82, 2.24) is 10.2 Å². The lowest BCUT2D eigenvalue weighted by Gasteiger charge is -2.22. The Morgan fingerprint density at radius 2 is 2.00 bits per heavy atom. The van der Waals surface area contributed by atoms with Crippen LogP contribution in [0.1, 0.15) is 12.8 Å². The molecule has 0 aromatic rings. The van der Waals surface area contributed by atoms with Gasteiger partial charge in [-0.3, -0.25) is 4.90 Å². The molecule has 1 N–H and O–H groups in total. The summed E-state index contributed by atoms with van der Waals surface area (Å²) < 4.78 is 36.2. The van der Waals surface area contributed by atoms with Gasteiger partial charge >= 0.3 is 6.18 Å². The van der Waals surface area contributed by atoms with Crippen molar-refractivity contribution < 1.29 is 13.2 Å². The summed E-state index contributed by atoms with van der Waals surface area (Å²) in [6.45, 7) is 0.340. The quantitative estimate of drug-likeness (QED) is 0.711. The summed E-state index contributed by atoms with van der Waals surface area (Å²) in [7, 11) is 1.75. The van der Waals surface area contributed by atoms with Gasteiger partial charge in [-0.1, -0.05) is 0 Å². The number of hydrogen-bond donors (Lipinski definition) is 1. The zero-order valence-electron chi connectivity index (χ0n) is 7.69. The first-order valence-electron chi connectivity index (χ1n) is 4.48. The number of alkyl halides is 3. The lowest BCUT2D eigenvalue weighted by Crippen LogP contribution is -2.39. The summed E-state index contributed by atoms with van der Waals surface area (Å²) in [4.78, 5) is 1.51. The second-order valence-electron chi connectivity index (χ2n) is 3.42. The van der Waals surface area contributed by atoms with Crippen molar-refractivity contribution in [3.8, 4) is 0 Å². The minimum absolute atomic E-state index is 0.176. The molecule has 0 saturated heterocycles. The highest BCUT2D eigenvalue weighted by atomic mass is 19.4. The maximum atomic E-state index is 12.1. The molecule has 0 bridgehead atoms. The molecule has 0 aromatic heterocycles. The Labute approximate surface area is 76.1 Å². The van der Waals surface area contributed by atoms with Gasteiger partial charge in [0.15, 0.2) is 0 Å². The Morgan fingerprint density at radius 1 is 1.38 bits per heavy atom. The highest BCUT2D eigenvalue weighted by Gasteiger charge is 2.37. The van der Waals surface area contributed by atoms with E-state index in [0.717, 1.165) is 12.8 Å². The molecule has 78 valence electrons. The number of likely N-dealkylation sites (N-methyl/N-ethyl adjacent to an activating group) is 1. The zero-order chi connectivity index (χ0) is 9.90. The highest BCUT2D eigenvalue weighted by molar-refractivity contribution is 4.85. The van der Waals surface area contributed by atoms with Crippen molar-refractivity contribution in [2.24, 2.45) is 0 Å². The lowest BCUT2D eigenvalue weighted by molar-refractivity contribution is -0.147. The van der Waals surface area contributed by atoms with E-state index >= 15 is 0 Å². The van der Waals surface area contributed by atoms with Crippen LogP contribution in [0.15, 0.2) is 0 Å². The predicted molar refractivity (Wildman–Crippen MR) is 44.6 cm³/mol. The molecule has 13 heavy (non-hydrogen) atoms. The van der Waals surface area contributed by atoms with Gasteiger partial charge in [0.1, 0.15) is 0 Å². The van der Waals surface area contributed by atoms with Crippen molar-refractivity contribution >= 4 is 0 Å². The van der Waals surface area contributed by atoms with Crippen molar-refractivity contribution in [2.45, 2.75) is 25.1 Å². The molecule has 0 heterocycles. The number of halogens is 3. The summed E-state index contributed by atoms with van der Waals surface area (Å²) in [6, 6.07) is 0.176. The lowest BCUT2D eigenvalue weighted by atomic mass is 10.4. The standard InChI is InChI=1S/C8H15F3N2/c1-12-4-5-13(7-2-3-7)6-8(9,10)11/h7,12H,2-6H2,1H3. The van der Waals surface area contributed by atoms with Gasteiger partial charge in [-0.2, -0.15) is 13.2 Å². The summed E-state index contributed by atoms with van der Waals surface area (Å²) in [5.74, 6) is 0. The number of rotatable bonds is 5. The number of nitrogens with zero attached hydrogens (tertiary/aromatic N) is 1. The van der Waals surface area contributed by atoms with Crippen molar-refractivity contribution in [3.63, 3.8) is 0 Å². The molecular formula is C8H15F3N2. The van der Waals surface area contributed by atoms with E-state index in [9.17, 15) is 13.2 Å². The molecule has 2 nitrogen and oxygen atoms in total. The molecule has 1 saturated carbocycles. The average Bonchev–Trinajstić information content (AvgIpc) is 2.77. The van der Waals surface area contributed by atoms with Crippen LogP contribution in [0.25, 0.3) is 0 Å². The van der Waals surface area contributed by atoms with Gasteiger partial charge in [0.05, 0.1) is 6.54 Å². The molecule has 0 aliphatic heterocycles. The van der Waals surface area contributed by atoms with E-state index in [-0.39, 0.29) is 6.04 Å². The number of nitrogens with one attached hydrogen (secondary N) is 1. The van der Waals surface area contributed by atoms with E-state index in [0.29, 0.717) is 13.1 Å². The monoisotopic (exact) mass is 196 g/mol. The normalized spacial score (nSPS) is 18.2. The van der Waals surface area contributed by atoms with Gasteiger partial charge in [-0.25, -0.2) is 0 Å². The van der Waals surface area contributed by atoms with Gasteiger partial charge in [-0.05, 0) is 19.9 Å². The molecule has 0 amide bonds. The molecule has 0 radical (unpaired) electrons. The van der Waals surface area contributed by atoms with Crippen LogP contribution < -0.4 is 5.32 Å². The Kier molecular flexibility index (Phi) is 3.55. The molecule has 0 aromatic carbocycles. The van der Waals surface area contributed by atoms with Crippen molar-refractivity contribution in [2.75, 3.05) is 26.7 Å². The highest BCUT2D eigenvalue weighted by Crippen LogP contribution is 2.29.